The Hall–Kier alpha value is -3.16. The van der Waals surface area contributed by atoms with Crippen molar-refractivity contribution in [3.8, 4) is 0 Å². The van der Waals surface area contributed by atoms with Gasteiger partial charge in [0.25, 0.3) is 15.9 Å². The third-order valence-electron chi connectivity index (χ3n) is 4.17. The molecule has 28 heavy (non-hydrogen) atoms. The molecule has 0 fully saturated rings. The average Bonchev–Trinajstić information content (AvgIpc) is 3.24. The maximum Gasteiger partial charge on any atom is 0.271 e. The number of thiophene rings is 1. The fraction of sp³-hybridized carbons (Fsp3) is 0. The van der Waals surface area contributed by atoms with Crippen LogP contribution in [0.1, 0.15) is 10.4 Å². The maximum atomic E-state index is 12.5. The van der Waals surface area contributed by atoms with E-state index >= 15 is 0 Å². The Labute approximate surface area is 166 Å². The fourth-order valence-corrected chi connectivity index (χ4v) is 4.83. The molecule has 1 amide bonds. The van der Waals surface area contributed by atoms with Crippen molar-refractivity contribution in [3.05, 3.63) is 89.8 Å². The minimum atomic E-state index is -3.60. The van der Waals surface area contributed by atoms with E-state index in [4.69, 9.17) is 0 Å². The summed E-state index contributed by atoms with van der Waals surface area (Å²) in [5.74, 6) is -0.261. The Morgan fingerprint density at radius 3 is 2.21 bits per heavy atom. The van der Waals surface area contributed by atoms with Crippen LogP contribution in [0.15, 0.2) is 88.5 Å². The summed E-state index contributed by atoms with van der Waals surface area (Å²) in [5, 5.41) is 6.71. The maximum absolute atomic E-state index is 12.5. The Balaban J connectivity index is 1.47. The molecule has 0 bridgehead atoms. The lowest BCUT2D eigenvalue weighted by Gasteiger charge is -2.09. The van der Waals surface area contributed by atoms with Gasteiger partial charge in [-0.3, -0.25) is 9.52 Å². The van der Waals surface area contributed by atoms with Crippen LogP contribution in [-0.4, -0.2) is 14.3 Å². The molecule has 140 valence electrons. The van der Waals surface area contributed by atoms with Crippen molar-refractivity contribution in [2.45, 2.75) is 4.21 Å². The number of benzene rings is 3. The molecular formula is C21H16N2O3S2. The van der Waals surface area contributed by atoms with E-state index in [0.717, 1.165) is 22.1 Å². The van der Waals surface area contributed by atoms with E-state index in [0.29, 0.717) is 16.9 Å². The highest BCUT2D eigenvalue weighted by atomic mass is 32.2. The molecule has 0 aliphatic rings. The molecular weight excluding hydrogens is 392 g/mol. The van der Waals surface area contributed by atoms with E-state index in [2.05, 4.69) is 10.0 Å². The van der Waals surface area contributed by atoms with Crippen molar-refractivity contribution < 1.29 is 13.2 Å². The Morgan fingerprint density at radius 2 is 1.50 bits per heavy atom. The number of carbonyl (C=O) groups excluding carboxylic acids is 1. The summed E-state index contributed by atoms with van der Waals surface area (Å²) in [7, 11) is -3.60. The lowest BCUT2D eigenvalue weighted by atomic mass is 10.1. The summed E-state index contributed by atoms with van der Waals surface area (Å²) in [6, 6.07) is 23.2. The van der Waals surface area contributed by atoms with Crippen molar-refractivity contribution in [3.63, 3.8) is 0 Å². The van der Waals surface area contributed by atoms with Crippen LogP contribution in [0.3, 0.4) is 0 Å². The molecule has 0 aliphatic carbocycles. The summed E-state index contributed by atoms with van der Waals surface area (Å²) in [4.78, 5) is 12.5. The first-order valence-electron chi connectivity index (χ1n) is 8.48. The van der Waals surface area contributed by atoms with Gasteiger partial charge in [0, 0.05) is 16.9 Å². The summed E-state index contributed by atoms with van der Waals surface area (Å²) in [6.07, 6.45) is 0. The topological polar surface area (TPSA) is 75.3 Å². The number of anilines is 2. The second-order valence-electron chi connectivity index (χ2n) is 6.13. The second-order valence-corrected chi connectivity index (χ2v) is 8.99. The van der Waals surface area contributed by atoms with E-state index in [1.165, 1.54) is 0 Å². The van der Waals surface area contributed by atoms with Crippen molar-refractivity contribution in [2.75, 3.05) is 10.0 Å². The highest BCUT2D eigenvalue weighted by Gasteiger charge is 2.15. The molecule has 0 saturated heterocycles. The zero-order valence-electron chi connectivity index (χ0n) is 14.6. The number of hydrogen-bond donors (Lipinski definition) is 2. The van der Waals surface area contributed by atoms with Crippen molar-refractivity contribution in [1.29, 1.82) is 0 Å². The van der Waals surface area contributed by atoms with Crippen LogP contribution >= 0.6 is 11.3 Å². The highest BCUT2D eigenvalue weighted by Crippen LogP contribution is 2.22. The Kier molecular flexibility index (Phi) is 4.85. The molecule has 4 aromatic rings. The fourth-order valence-electron chi connectivity index (χ4n) is 2.78. The largest absolute Gasteiger partial charge is 0.322 e. The molecule has 0 saturated carbocycles. The van der Waals surface area contributed by atoms with Crippen LogP contribution in [0.2, 0.25) is 0 Å². The first kappa shape index (κ1) is 18.2. The van der Waals surface area contributed by atoms with E-state index in [1.807, 2.05) is 42.5 Å². The molecule has 5 nitrogen and oxygen atoms in total. The molecule has 0 spiro atoms. The standard InChI is InChI=1S/C21H16N2O3S2/c24-21(22-19-12-7-15-4-1-2-5-17(15)14-19)16-8-10-18(11-9-16)23-28(25,26)20-6-3-13-27-20/h1-14,23H,(H,22,24). The van der Waals surface area contributed by atoms with Crippen molar-refractivity contribution >= 4 is 49.4 Å². The van der Waals surface area contributed by atoms with Gasteiger partial charge < -0.3 is 5.32 Å². The lowest BCUT2D eigenvalue weighted by molar-refractivity contribution is 0.102. The highest BCUT2D eigenvalue weighted by molar-refractivity contribution is 7.94. The molecule has 1 aromatic heterocycles. The number of rotatable bonds is 5. The minimum absolute atomic E-state index is 0.241. The average molecular weight is 409 g/mol. The third-order valence-corrected chi connectivity index (χ3v) is 6.95. The summed E-state index contributed by atoms with van der Waals surface area (Å²) in [5.41, 5.74) is 1.54. The number of sulfonamides is 1. The van der Waals surface area contributed by atoms with E-state index in [9.17, 15) is 13.2 Å². The SMILES string of the molecule is O=C(Nc1ccc2ccccc2c1)c1ccc(NS(=O)(=O)c2cccs2)cc1. The minimum Gasteiger partial charge on any atom is -0.322 e. The third kappa shape index (κ3) is 3.90. The van der Waals surface area contributed by atoms with Gasteiger partial charge in [0.1, 0.15) is 4.21 Å². The van der Waals surface area contributed by atoms with Gasteiger partial charge in [-0.2, -0.15) is 0 Å². The molecule has 4 rings (SSSR count). The number of amides is 1. The molecule has 0 unspecified atom stereocenters. The molecule has 1 heterocycles. The molecule has 0 radical (unpaired) electrons. The first-order valence-corrected chi connectivity index (χ1v) is 10.8. The number of fused-ring (bicyclic) bond motifs is 1. The van der Waals surface area contributed by atoms with Crippen LogP contribution in [0.25, 0.3) is 10.8 Å². The van der Waals surface area contributed by atoms with Crippen LogP contribution in [0.5, 0.6) is 0 Å². The van der Waals surface area contributed by atoms with E-state index < -0.39 is 10.0 Å². The predicted octanol–water partition coefficient (Wildman–Crippen LogP) is 4.95. The molecule has 3 aromatic carbocycles. The van der Waals surface area contributed by atoms with Crippen molar-refractivity contribution in [2.24, 2.45) is 0 Å². The molecule has 0 aliphatic heterocycles. The van der Waals surface area contributed by atoms with Crippen LogP contribution < -0.4 is 10.0 Å². The van der Waals surface area contributed by atoms with Gasteiger partial charge in [0.15, 0.2) is 0 Å². The van der Waals surface area contributed by atoms with E-state index in [1.54, 1.807) is 41.8 Å². The molecule has 0 atom stereocenters. The van der Waals surface area contributed by atoms with Gasteiger partial charge in [-0.15, -0.1) is 11.3 Å². The predicted molar refractivity (Wildman–Crippen MR) is 113 cm³/mol. The number of nitrogens with one attached hydrogen (secondary N) is 2. The van der Waals surface area contributed by atoms with Gasteiger partial charge in [-0.1, -0.05) is 36.4 Å². The van der Waals surface area contributed by atoms with E-state index in [-0.39, 0.29) is 10.1 Å². The van der Waals surface area contributed by atoms with Gasteiger partial charge in [-0.05, 0) is 58.6 Å². The van der Waals surface area contributed by atoms with Gasteiger partial charge >= 0.3 is 0 Å². The molecule has 7 heteroatoms. The summed E-state index contributed by atoms with van der Waals surface area (Å²) < 4.78 is 27.2. The van der Waals surface area contributed by atoms with Gasteiger partial charge in [-0.25, -0.2) is 8.42 Å². The number of carbonyl (C=O) groups is 1. The Bertz CT molecular complexity index is 1230. The summed E-state index contributed by atoms with van der Waals surface area (Å²) >= 11 is 1.14. The van der Waals surface area contributed by atoms with Crippen LogP contribution in [-0.2, 0) is 10.0 Å². The van der Waals surface area contributed by atoms with Crippen LogP contribution in [0, 0.1) is 0 Å². The normalized spacial score (nSPS) is 11.3. The van der Waals surface area contributed by atoms with Crippen LogP contribution in [0.4, 0.5) is 11.4 Å². The first-order chi connectivity index (χ1) is 13.5. The monoisotopic (exact) mass is 408 g/mol. The summed E-state index contributed by atoms with van der Waals surface area (Å²) in [6.45, 7) is 0. The lowest BCUT2D eigenvalue weighted by Crippen LogP contribution is -2.13. The smallest absolute Gasteiger partial charge is 0.271 e. The number of hydrogen-bond acceptors (Lipinski definition) is 4. The van der Waals surface area contributed by atoms with Crippen molar-refractivity contribution in [1.82, 2.24) is 0 Å². The second kappa shape index (κ2) is 7.46. The molecule has 2 N–H and O–H groups in total. The zero-order valence-corrected chi connectivity index (χ0v) is 16.3. The Morgan fingerprint density at radius 1 is 0.786 bits per heavy atom. The van der Waals surface area contributed by atoms with Gasteiger partial charge in [0.05, 0.1) is 0 Å². The quantitative estimate of drug-likeness (QED) is 0.490. The van der Waals surface area contributed by atoms with Gasteiger partial charge in [0.2, 0.25) is 0 Å². The zero-order chi connectivity index (χ0) is 19.6.